The number of benzene rings is 2. The van der Waals surface area contributed by atoms with Gasteiger partial charge in [0.2, 0.25) is 0 Å². The van der Waals surface area contributed by atoms with Crippen LogP contribution in [0.15, 0.2) is 71.0 Å². The lowest BCUT2D eigenvalue weighted by atomic mass is 10.1. The molecule has 3 rings (SSSR count). The van der Waals surface area contributed by atoms with Crippen LogP contribution >= 0.6 is 0 Å². The first-order chi connectivity index (χ1) is 12.5. The van der Waals surface area contributed by atoms with Gasteiger partial charge in [0.1, 0.15) is 5.75 Å². The number of anilines is 1. The molecule has 0 aromatic heterocycles. The molecule has 26 heavy (non-hydrogen) atoms. The smallest absolute Gasteiger partial charge is 0.282 e. The maximum Gasteiger partial charge on any atom is 0.282 e. The van der Waals surface area contributed by atoms with Crippen molar-refractivity contribution in [3.05, 3.63) is 71.4 Å². The summed E-state index contributed by atoms with van der Waals surface area (Å²) in [5.74, 6) is -0.570. The molecular weight excluding hydrogens is 332 g/mol. The summed E-state index contributed by atoms with van der Waals surface area (Å²) in [5, 5.41) is 14.9. The van der Waals surface area contributed by atoms with Gasteiger partial charge in [0.15, 0.2) is 0 Å². The summed E-state index contributed by atoms with van der Waals surface area (Å²) >= 11 is 0. The monoisotopic (exact) mass is 350 g/mol. The average molecular weight is 350 g/mol. The van der Waals surface area contributed by atoms with Crippen molar-refractivity contribution >= 4 is 23.2 Å². The first kappa shape index (κ1) is 17.2. The van der Waals surface area contributed by atoms with Crippen molar-refractivity contribution in [1.82, 2.24) is 10.9 Å². The molecule has 0 atom stereocenters. The van der Waals surface area contributed by atoms with Crippen molar-refractivity contribution in [2.75, 3.05) is 5.01 Å². The van der Waals surface area contributed by atoms with Crippen molar-refractivity contribution in [1.29, 1.82) is 0 Å². The van der Waals surface area contributed by atoms with Crippen LogP contribution in [-0.4, -0.2) is 22.6 Å². The van der Waals surface area contributed by atoms with Crippen molar-refractivity contribution in [2.24, 2.45) is 5.10 Å². The number of carbonyl (C=O) groups is 2. The minimum Gasteiger partial charge on any atom is -0.508 e. The molecule has 0 saturated heterocycles. The molecule has 1 aliphatic rings. The van der Waals surface area contributed by atoms with Gasteiger partial charge in [-0.05, 0) is 50.2 Å². The Hall–Kier alpha value is -3.61. The van der Waals surface area contributed by atoms with E-state index in [9.17, 15) is 14.7 Å². The summed E-state index contributed by atoms with van der Waals surface area (Å²) in [6.45, 7) is 3.43. The summed E-state index contributed by atoms with van der Waals surface area (Å²) in [7, 11) is 0. The maximum absolute atomic E-state index is 12.7. The number of hydrazine groups is 1. The normalized spacial score (nSPS) is 15.5. The molecule has 132 valence electrons. The van der Waals surface area contributed by atoms with Gasteiger partial charge in [-0.3, -0.25) is 15.0 Å². The van der Waals surface area contributed by atoms with E-state index in [2.05, 4.69) is 16.0 Å². The standard InChI is InChI=1S/C19H18N4O3/c1-12(20-21-18(25)14-8-10-16(24)11-9-14)17-13(2)22-23(19(17)26)15-6-4-3-5-7-15/h3-11,20,24H,1-2H3,(H,21,25)/b17-12-. The molecule has 0 bridgehead atoms. The molecule has 1 heterocycles. The minimum absolute atomic E-state index is 0.0807. The molecule has 0 unspecified atom stereocenters. The zero-order valence-electron chi connectivity index (χ0n) is 14.4. The SMILES string of the molecule is CC1=NN(c2ccccc2)C(=O)/C1=C(/C)NNC(=O)c1ccc(O)cc1. The number of amides is 2. The fourth-order valence-corrected chi connectivity index (χ4v) is 2.58. The fourth-order valence-electron chi connectivity index (χ4n) is 2.58. The van der Waals surface area contributed by atoms with Crippen LogP contribution in [0.2, 0.25) is 0 Å². The number of hydrogen-bond acceptors (Lipinski definition) is 5. The third-order valence-electron chi connectivity index (χ3n) is 3.89. The summed E-state index contributed by atoms with van der Waals surface area (Å²) < 4.78 is 0. The largest absolute Gasteiger partial charge is 0.508 e. The van der Waals surface area contributed by atoms with Crippen LogP contribution in [0.4, 0.5) is 5.69 Å². The van der Waals surface area contributed by atoms with E-state index < -0.39 is 0 Å². The van der Waals surface area contributed by atoms with Crippen molar-refractivity contribution in [3.8, 4) is 5.75 Å². The number of aromatic hydroxyl groups is 1. The van der Waals surface area contributed by atoms with Gasteiger partial charge in [-0.2, -0.15) is 10.1 Å². The molecule has 2 aromatic carbocycles. The quantitative estimate of drug-likeness (QED) is 0.583. The molecule has 0 fully saturated rings. The van der Waals surface area contributed by atoms with Crippen LogP contribution in [-0.2, 0) is 4.79 Å². The lowest BCUT2D eigenvalue weighted by Gasteiger charge is -2.13. The predicted octanol–water partition coefficient (Wildman–Crippen LogP) is 2.32. The predicted molar refractivity (Wildman–Crippen MR) is 98.4 cm³/mol. The van der Waals surface area contributed by atoms with Gasteiger partial charge >= 0.3 is 0 Å². The molecule has 3 N–H and O–H groups in total. The molecule has 2 amide bonds. The second-order valence-electron chi connectivity index (χ2n) is 5.76. The fraction of sp³-hybridized carbons (Fsp3) is 0.105. The van der Waals surface area contributed by atoms with Gasteiger partial charge in [-0.25, -0.2) is 0 Å². The number of nitrogens with one attached hydrogen (secondary N) is 2. The van der Waals surface area contributed by atoms with E-state index in [0.29, 0.717) is 28.2 Å². The Kier molecular flexibility index (Phi) is 4.70. The van der Waals surface area contributed by atoms with Crippen LogP contribution in [0.3, 0.4) is 0 Å². The average Bonchev–Trinajstić information content (AvgIpc) is 2.95. The Morgan fingerprint density at radius 3 is 2.35 bits per heavy atom. The zero-order valence-corrected chi connectivity index (χ0v) is 14.4. The molecule has 2 aromatic rings. The van der Waals surface area contributed by atoms with E-state index in [1.807, 2.05) is 18.2 Å². The van der Waals surface area contributed by atoms with Crippen LogP contribution in [0.1, 0.15) is 24.2 Å². The van der Waals surface area contributed by atoms with E-state index in [0.717, 1.165) is 0 Å². The summed E-state index contributed by atoms with van der Waals surface area (Å²) in [4.78, 5) is 24.8. The lowest BCUT2D eigenvalue weighted by Crippen LogP contribution is -2.37. The Bertz CT molecular complexity index is 902. The zero-order chi connectivity index (χ0) is 18.7. The number of allylic oxidation sites excluding steroid dienone is 1. The Labute approximate surface area is 150 Å². The van der Waals surface area contributed by atoms with Gasteiger partial charge in [0.05, 0.1) is 17.0 Å². The van der Waals surface area contributed by atoms with Crippen LogP contribution < -0.4 is 15.9 Å². The molecule has 0 aliphatic carbocycles. The summed E-state index contributed by atoms with van der Waals surface area (Å²) in [5.41, 5.74) is 7.80. The maximum atomic E-state index is 12.7. The third kappa shape index (κ3) is 3.41. The Balaban J connectivity index is 1.73. The van der Waals surface area contributed by atoms with Gasteiger partial charge in [0, 0.05) is 11.3 Å². The number of hydrazone groups is 1. The molecule has 0 spiro atoms. The topological polar surface area (TPSA) is 94.0 Å². The second kappa shape index (κ2) is 7.10. The van der Waals surface area contributed by atoms with E-state index >= 15 is 0 Å². The van der Waals surface area contributed by atoms with E-state index in [4.69, 9.17) is 0 Å². The number of phenolic OH excluding ortho intramolecular Hbond substituents is 1. The van der Waals surface area contributed by atoms with E-state index in [-0.39, 0.29) is 17.6 Å². The highest BCUT2D eigenvalue weighted by atomic mass is 16.3. The van der Waals surface area contributed by atoms with Crippen LogP contribution in [0.5, 0.6) is 5.75 Å². The minimum atomic E-state index is -0.384. The molecule has 0 saturated carbocycles. The van der Waals surface area contributed by atoms with Gasteiger partial charge < -0.3 is 10.5 Å². The molecule has 7 heteroatoms. The van der Waals surface area contributed by atoms with E-state index in [1.54, 1.807) is 26.0 Å². The van der Waals surface area contributed by atoms with Gasteiger partial charge in [0.25, 0.3) is 11.8 Å². The number of hydrogen-bond donors (Lipinski definition) is 3. The number of rotatable bonds is 4. The first-order valence-corrected chi connectivity index (χ1v) is 7.98. The third-order valence-corrected chi connectivity index (χ3v) is 3.89. The molecule has 1 aliphatic heterocycles. The molecular formula is C19H18N4O3. The van der Waals surface area contributed by atoms with Crippen molar-refractivity contribution in [2.45, 2.75) is 13.8 Å². The highest BCUT2D eigenvalue weighted by molar-refractivity contribution is 6.30. The number of nitrogens with zero attached hydrogens (tertiary/aromatic N) is 2. The first-order valence-electron chi connectivity index (χ1n) is 7.98. The molecule has 7 nitrogen and oxygen atoms in total. The lowest BCUT2D eigenvalue weighted by molar-refractivity contribution is -0.114. The van der Waals surface area contributed by atoms with Gasteiger partial charge in [-0.1, -0.05) is 18.2 Å². The Morgan fingerprint density at radius 1 is 1.04 bits per heavy atom. The van der Waals surface area contributed by atoms with E-state index in [1.165, 1.54) is 29.3 Å². The van der Waals surface area contributed by atoms with Crippen LogP contribution in [0, 0.1) is 0 Å². The van der Waals surface area contributed by atoms with Crippen molar-refractivity contribution in [3.63, 3.8) is 0 Å². The van der Waals surface area contributed by atoms with Gasteiger partial charge in [-0.15, -0.1) is 0 Å². The Morgan fingerprint density at radius 2 is 1.69 bits per heavy atom. The number of para-hydroxylation sites is 1. The second-order valence-corrected chi connectivity index (χ2v) is 5.76. The molecule has 0 radical (unpaired) electrons. The van der Waals surface area contributed by atoms with Crippen LogP contribution in [0.25, 0.3) is 0 Å². The highest BCUT2D eigenvalue weighted by Crippen LogP contribution is 2.24. The number of phenols is 1. The highest BCUT2D eigenvalue weighted by Gasteiger charge is 2.30. The van der Waals surface area contributed by atoms with Crippen molar-refractivity contribution < 1.29 is 14.7 Å². The summed E-state index contributed by atoms with van der Waals surface area (Å²) in [6.07, 6.45) is 0. The summed E-state index contributed by atoms with van der Waals surface area (Å²) in [6, 6.07) is 15.0. The number of carbonyl (C=O) groups excluding carboxylic acids is 2.